The zero-order valence-electron chi connectivity index (χ0n) is 15.7. The molecule has 0 unspecified atom stereocenters. The minimum Gasteiger partial charge on any atom is -0.365 e. The Labute approximate surface area is 180 Å². The van der Waals surface area contributed by atoms with E-state index in [9.17, 15) is 18.0 Å². The van der Waals surface area contributed by atoms with Gasteiger partial charge in [0.15, 0.2) is 11.5 Å². The van der Waals surface area contributed by atoms with Crippen molar-refractivity contribution in [3.8, 4) is 0 Å². The Kier molecular flexibility index (Phi) is 7.36. The van der Waals surface area contributed by atoms with Crippen molar-refractivity contribution in [2.45, 2.75) is 31.7 Å². The molecule has 0 radical (unpaired) electrons. The first kappa shape index (κ1) is 22.6. The van der Waals surface area contributed by atoms with Gasteiger partial charge in [-0.2, -0.15) is 13.1 Å². The lowest BCUT2D eigenvalue weighted by Gasteiger charge is -2.29. The molecule has 1 heterocycles. The Morgan fingerprint density at radius 1 is 1.40 bits per heavy atom. The molecule has 1 saturated carbocycles. The summed E-state index contributed by atoms with van der Waals surface area (Å²) in [5.74, 6) is -0.0774. The van der Waals surface area contributed by atoms with Crippen LogP contribution in [0.1, 0.15) is 31.4 Å². The van der Waals surface area contributed by atoms with E-state index < -0.39 is 16.0 Å². The van der Waals surface area contributed by atoms with Gasteiger partial charge in [-0.3, -0.25) is 10.7 Å². The van der Waals surface area contributed by atoms with Crippen LogP contribution in [0.25, 0.3) is 0 Å². The Hall–Kier alpha value is -2.13. The summed E-state index contributed by atoms with van der Waals surface area (Å²) >= 11 is 3.08. The van der Waals surface area contributed by atoms with Crippen molar-refractivity contribution < 1.29 is 22.6 Å². The van der Waals surface area contributed by atoms with Crippen LogP contribution in [0.3, 0.4) is 0 Å². The average molecular weight is 506 g/mol. The van der Waals surface area contributed by atoms with Crippen LogP contribution in [0, 0.1) is 11.7 Å². The van der Waals surface area contributed by atoms with Crippen LogP contribution in [0.5, 0.6) is 0 Å². The molecule has 164 valence electrons. The van der Waals surface area contributed by atoms with E-state index in [1.54, 1.807) is 0 Å². The lowest BCUT2D eigenvalue weighted by atomic mass is 9.86. The van der Waals surface area contributed by atoms with Gasteiger partial charge in [-0.05, 0) is 69.6 Å². The Morgan fingerprint density at radius 2 is 2.20 bits per heavy atom. The maximum absolute atomic E-state index is 13.4. The van der Waals surface area contributed by atoms with E-state index >= 15 is 0 Å². The molecular formula is C16H21BrFN7O4S. The molecule has 14 heteroatoms. The number of nitrogens with one attached hydrogen (secondary N) is 3. The molecule has 1 aliphatic carbocycles. The third-order valence-corrected chi connectivity index (χ3v) is 5.90. The van der Waals surface area contributed by atoms with Crippen molar-refractivity contribution in [1.82, 2.24) is 20.5 Å². The van der Waals surface area contributed by atoms with Crippen LogP contribution in [0.4, 0.5) is 15.9 Å². The molecule has 0 amide bonds. The third-order valence-electron chi connectivity index (χ3n) is 4.63. The first-order valence-corrected chi connectivity index (χ1v) is 11.4. The second kappa shape index (κ2) is 9.78. The molecule has 1 aromatic carbocycles. The Balaban J connectivity index is 1.68. The minimum atomic E-state index is -3.75. The van der Waals surface area contributed by atoms with E-state index in [4.69, 9.17) is 9.77 Å². The monoisotopic (exact) mass is 505 g/mol. The van der Waals surface area contributed by atoms with Gasteiger partial charge in [-0.15, -0.1) is 0 Å². The summed E-state index contributed by atoms with van der Waals surface area (Å²) in [6.45, 7) is 0.477. The topological polar surface area (TPSA) is 168 Å². The summed E-state index contributed by atoms with van der Waals surface area (Å²) in [6.07, 6.45) is 3.10. The van der Waals surface area contributed by atoms with Crippen molar-refractivity contribution >= 4 is 43.5 Å². The maximum Gasteiger partial charge on any atom is 0.274 e. The molecule has 0 aliphatic heterocycles. The van der Waals surface area contributed by atoms with Crippen LogP contribution in [0.2, 0.25) is 0 Å². The fraction of sp³-hybridized carbons (Fsp3) is 0.438. The molecule has 3 rings (SSSR count). The number of hydrogen-bond acceptors (Lipinski definition) is 8. The number of nitrogens with zero attached hydrogens (tertiary/aromatic N) is 3. The summed E-state index contributed by atoms with van der Waals surface area (Å²) in [7, 11) is -3.75. The van der Waals surface area contributed by atoms with Gasteiger partial charge in [-0.1, -0.05) is 6.42 Å². The summed E-state index contributed by atoms with van der Waals surface area (Å²) in [5, 5.41) is 25.2. The molecule has 0 bridgehead atoms. The number of rotatable bonds is 7. The zero-order valence-corrected chi connectivity index (χ0v) is 18.1. The van der Waals surface area contributed by atoms with Gasteiger partial charge in [0.2, 0.25) is 5.82 Å². The first-order chi connectivity index (χ1) is 14.2. The van der Waals surface area contributed by atoms with Crippen LogP contribution in [0.15, 0.2) is 32.3 Å². The van der Waals surface area contributed by atoms with Crippen LogP contribution < -0.4 is 20.7 Å². The van der Waals surface area contributed by atoms with Gasteiger partial charge >= 0.3 is 0 Å². The highest BCUT2D eigenvalue weighted by atomic mass is 79.9. The normalized spacial score (nSPS) is 20.2. The molecule has 30 heavy (non-hydrogen) atoms. The molecule has 0 saturated heterocycles. The summed E-state index contributed by atoms with van der Waals surface area (Å²) in [4.78, 5) is 4.20. The number of hydroxylamine groups is 1. The van der Waals surface area contributed by atoms with E-state index in [-0.39, 0.29) is 33.8 Å². The molecule has 1 aliphatic rings. The van der Waals surface area contributed by atoms with Gasteiger partial charge in [0, 0.05) is 12.6 Å². The molecule has 1 fully saturated rings. The van der Waals surface area contributed by atoms with Crippen molar-refractivity contribution in [2.24, 2.45) is 16.0 Å². The van der Waals surface area contributed by atoms with Gasteiger partial charge < -0.3 is 5.32 Å². The molecule has 1 aromatic heterocycles. The minimum absolute atomic E-state index is 0.0466. The highest BCUT2D eigenvalue weighted by Crippen LogP contribution is 2.26. The quantitative estimate of drug-likeness (QED) is 0.215. The van der Waals surface area contributed by atoms with Crippen LogP contribution in [-0.4, -0.2) is 42.4 Å². The Bertz CT molecular complexity index is 1020. The number of aromatic nitrogens is 2. The second-order valence-corrected chi connectivity index (χ2v) is 9.09. The predicted octanol–water partition coefficient (Wildman–Crippen LogP) is 1.79. The highest BCUT2D eigenvalue weighted by molar-refractivity contribution is 9.10. The van der Waals surface area contributed by atoms with Crippen molar-refractivity contribution in [2.75, 3.05) is 11.9 Å². The molecule has 2 aromatic rings. The highest BCUT2D eigenvalue weighted by Gasteiger charge is 2.25. The van der Waals surface area contributed by atoms with Crippen LogP contribution in [-0.2, 0) is 10.2 Å². The first-order valence-electron chi connectivity index (χ1n) is 9.06. The van der Waals surface area contributed by atoms with Crippen molar-refractivity contribution in [3.63, 3.8) is 0 Å². The summed E-state index contributed by atoms with van der Waals surface area (Å²) < 4.78 is 43.3. The molecule has 2 atom stereocenters. The fourth-order valence-electron chi connectivity index (χ4n) is 3.33. The number of aliphatic imine (C=N–C) groups is 1. The van der Waals surface area contributed by atoms with Gasteiger partial charge in [0.25, 0.3) is 10.2 Å². The van der Waals surface area contributed by atoms with Gasteiger partial charge in [0.1, 0.15) is 5.82 Å². The SMILES string of the molecule is NS(=O)(=O)N[C@@H]1CCC[C@@H](CNc2nonc2C(=Nc2ccc(F)c(Br)c2)NO)C1. The largest absolute Gasteiger partial charge is 0.365 e. The van der Waals surface area contributed by atoms with E-state index in [0.29, 0.717) is 18.7 Å². The fourth-order valence-corrected chi connectivity index (χ4v) is 4.38. The summed E-state index contributed by atoms with van der Waals surface area (Å²) in [6, 6.07) is 3.88. The molecular weight excluding hydrogens is 485 g/mol. The summed E-state index contributed by atoms with van der Waals surface area (Å²) in [5.41, 5.74) is 2.44. The molecule has 0 spiro atoms. The van der Waals surface area contributed by atoms with E-state index in [0.717, 1.165) is 19.3 Å². The lowest BCUT2D eigenvalue weighted by Crippen LogP contribution is -2.42. The zero-order chi connectivity index (χ0) is 21.7. The van der Waals surface area contributed by atoms with Crippen molar-refractivity contribution in [1.29, 1.82) is 0 Å². The average Bonchev–Trinajstić information content (AvgIpc) is 3.14. The number of hydrogen-bond donors (Lipinski definition) is 5. The maximum atomic E-state index is 13.4. The number of amidine groups is 1. The van der Waals surface area contributed by atoms with E-state index in [1.807, 2.05) is 5.48 Å². The second-order valence-electron chi connectivity index (χ2n) is 6.91. The lowest BCUT2D eigenvalue weighted by molar-refractivity contribution is 0.234. The van der Waals surface area contributed by atoms with Gasteiger partial charge in [0.05, 0.1) is 10.2 Å². The molecule has 11 nitrogen and oxygen atoms in total. The Morgan fingerprint density at radius 3 is 2.90 bits per heavy atom. The standard InChI is InChI=1S/C16H21BrFN7O4S/c17-12-7-10(4-5-13(12)18)21-16(22-26)14-15(24-29-23-14)20-8-9-2-1-3-11(6-9)25-30(19,27)28/h4-5,7,9,11,25-26H,1-3,6,8H2,(H,20,24)(H,21,22)(H2,19,27,28)/t9-,11-/m1/s1. The van der Waals surface area contributed by atoms with Crippen LogP contribution >= 0.6 is 15.9 Å². The van der Waals surface area contributed by atoms with Gasteiger partial charge in [-0.25, -0.2) is 19.2 Å². The van der Waals surface area contributed by atoms with Crippen molar-refractivity contribution in [3.05, 3.63) is 34.2 Å². The predicted molar refractivity (Wildman–Crippen MR) is 110 cm³/mol. The smallest absolute Gasteiger partial charge is 0.274 e. The molecule has 6 N–H and O–H groups in total. The third kappa shape index (κ3) is 6.18. The number of benzene rings is 1. The number of anilines is 1. The van der Waals surface area contributed by atoms with E-state index in [2.05, 4.69) is 41.3 Å². The van der Waals surface area contributed by atoms with E-state index in [1.165, 1.54) is 18.2 Å². The number of nitrogens with two attached hydrogens (primary N) is 1. The number of halogens is 2.